The second-order valence-electron chi connectivity index (χ2n) is 6.35. The molecule has 5 nitrogen and oxygen atoms in total. The summed E-state index contributed by atoms with van der Waals surface area (Å²) in [5, 5.41) is 9.59. The molecule has 1 saturated carbocycles. The minimum atomic E-state index is -3.61. The predicted octanol–water partition coefficient (Wildman–Crippen LogP) is 2.12. The zero-order valence-corrected chi connectivity index (χ0v) is 13.5. The van der Waals surface area contributed by atoms with Crippen molar-refractivity contribution in [2.24, 2.45) is 11.3 Å². The second-order valence-corrected chi connectivity index (χ2v) is 8.29. The molecule has 1 aromatic rings. The van der Waals surface area contributed by atoms with Crippen LogP contribution < -0.4 is 0 Å². The topological polar surface area (TPSA) is 74.7 Å². The molecular weight excluding hydrogens is 302 g/mol. The summed E-state index contributed by atoms with van der Waals surface area (Å²) in [6.07, 6.45) is 3.02. The van der Waals surface area contributed by atoms with Gasteiger partial charge in [-0.15, -0.1) is 0 Å². The highest BCUT2D eigenvalue weighted by atomic mass is 32.2. The first kappa shape index (κ1) is 15.5. The molecule has 2 fully saturated rings. The Morgan fingerprint density at radius 3 is 2.86 bits per heavy atom. The summed E-state index contributed by atoms with van der Waals surface area (Å²) in [5.74, 6) is -0.913. The Kier molecular flexibility index (Phi) is 3.77. The number of carbonyl (C=O) groups is 1. The van der Waals surface area contributed by atoms with Gasteiger partial charge in [-0.25, -0.2) is 8.42 Å². The van der Waals surface area contributed by atoms with Crippen LogP contribution in [-0.2, 0) is 21.2 Å². The van der Waals surface area contributed by atoms with Gasteiger partial charge in [0.2, 0.25) is 10.0 Å². The Morgan fingerprint density at radius 2 is 2.23 bits per heavy atom. The quantitative estimate of drug-likeness (QED) is 0.921. The summed E-state index contributed by atoms with van der Waals surface area (Å²) in [6.45, 7) is 2.40. The number of hydrogen-bond acceptors (Lipinski definition) is 3. The minimum absolute atomic E-state index is 0.0610. The normalized spacial score (nSPS) is 28.7. The molecule has 0 spiro atoms. The molecule has 1 aromatic carbocycles. The van der Waals surface area contributed by atoms with Gasteiger partial charge in [-0.3, -0.25) is 4.79 Å². The number of rotatable bonds is 4. The molecule has 2 atom stereocenters. The van der Waals surface area contributed by atoms with E-state index in [0.29, 0.717) is 13.0 Å². The van der Waals surface area contributed by atoms with E-state index in [-0.39, 0.29) is 17.4 Å². The van der Waals surface area contributed by atoms with Crippen molar-refractivity contribution >= 4 is 16.0 Å². The molecule has 0 amide bonds. The van der Waals surface area contributed by atoms with Crippen LogP contribution in [0.5, 0.6) is 0 Å². The van der Waals surface area contributed by atoms with E-state index in [1.807, 2.05) is 13.0 Å². The fourth-order valence-electron chi connectivity index (χ4n) is 3.85. The first-order valence-corrected chi connectivity index (χ1v) is 9.16. The molecule has 3 rings (SSSR count). The zero-order chi connectivity index (χ0) is 16.0. The lowest BCUT2D eigenvalue weighted by Gasteiger charge is -2.23. The average molecular weight is 323 g/mol. The largest absolute Gasteiger partial charge is 0.481 e. The fourth-order valence-corrected chi connectivity index (χ4v) is 5.48. The van der Waals surface area contributed by atoms with E-state index in [2.05, 4.69) is 0 Å². The molecule has 1 heterocycles. The molecule has 0 unspecified atom stereocenters. The molecule has 120 valence electrons. The summed E-state index contributed by atoms with van der Waals surface area (Å²) in [6, 6.07) is 6.93. The Hall–Kier alpha value is -1.40. The molecule has 1 aliphatic carbocycles. The van der Waals surface area contributed by atoms with Crippen LogP contribution in [-0.4, -0.2) is 36.9 Å². The van der Waals surface area contributed by atoms with Gasteiger partial charge in [0.25, 0.3) is 0 Å². The van der Waals surface area contributed by atoms with Crippen LogP contribution in [0.15, 0.2) is 29.2 Å². The van der Waals surface area contributed by atoms with Gasteiger partial charge in [-0.2, -0.15) is 4.31 Å². The van der Waals surface area contributed by atoms with E-state index in [0.717, 1.165) is 24.8 Å². The monoisotopic (exact) mass is 323 g/mol. The van der Waals surface area contributed by atoms with Gasteiger partial charge in [-0.1, -0.05) is 25.5 Å². The molecule has 0 aromatic heterocycles. The number of carboxylic acid groups (broad SMARTS) is 1. The minimum Gasteiger partial charge on any atom is -0.481 e. The van der Waals surface area contributed by atoms with Gasteiger partial charge in [0, 0.05) is 13.1 Å². The van der Waals surface area contributed by atoms with Crippen LogP contribution in [0.4, 0.5) is 0 Å². The predicted molar refractivity (Wildman–Crippen MR) is 82.0 cm³/mol. The molecule has 0 radical (unpaired) electrons. The molecule has 1 aliphatic heterocycles. The smallest absolute Gasteiger partial charge is 0.311 e. The number of benzene rings is 1. The van der Waals surface area contributed by atoms with Gasteiger partial charge < -0.3 is 5.11 Å². The van der Waals surface area contributed by atoms with Crippen LogP contribution in [0.3, 0.4) is 0 Å². The number of sulfonamides is 1. The van der Waals surface area contributed by atoms with Gasteiger partial charge in [0.1, 0.15) is 0 Å². The van der Waals surface area contributed by atoms with Gasteiger partial charge >= 0.3 is 5.97 Å². The molecule has 6 heteroatoms. The van der Waals surface area contributed by atoms with Crippen molar-refractivity contribution < 1.29 is 18.3 Å². The van der Waals surface area contributed by atoms with Crippen molar-refractivity contribution in [2.75, 3.05) is 13.1 Å². The molecule has 1 saturated heterocycles. The van der Waals surface area contributed by atoms with Gasteiger partial charge in [0.05, 0.1) is 10.3 Å². The number of nitrogens with zero attached hydrogens (tertiary/aromatic N) is 1. The zero-order valence-electron chi connectivity index (χ0n) is 12.7. The number of hydrogen-bond donors (Lipinski definition) is 1. The summed E-state index contributed by atoms with van der Waals surface area (Å²) < 4.78 is 27.0. The Labute approximate surface area is 131 Å². The highest BCUT2D eigenvalue weighted by Gasteiger charge is 2.57. The Balaban J connectivity index is 1.93. The van der Waals surface area contributed by atoms with Crippen LogP contribution in [0.1, 0.15) is 31.7 Å². The van der Waals surface area contributed by atoms with Crippen LogP contribution in [0, 0.1) is 11.3 Å². The van der Waals surface area contributed by atoms with E-state index in [9.17, 15) is 18.3 Å². The van der Waals surface area contributed by atoms with E-state index in [4.69, 9.17) is 0 Å². The SMILES string of the molecule is CCc1cccc(S(=O)(=O)N2C[C@@H]3CCC[C@@]3(C(=O)O)C2)c1. The molecule has 2 aliphatic rings. The Bertz CT molecular complexity index is 700. The highest BCUT2D eigenvalue weighted by Crippen LogP contribution is 2.50. The number of carboxylic acids is 1. The van der Waals surface area contributed by atoms with Crippen molar-refractivity contribution in [1.29, 1.82) is 0 Å². The summed E-state index contributed by atoms with van der Waals surface area (Å²) >= 11 is 0. The van der Waals surface area contributed by atoms with Crippen molar-refractivity contribution in [3.8, 4) is 0 Å². The lowest BCUT2D eigenvalue weighted by molar-refractivity contribution is -0.149. The summed E-state index contributed by atoms with van der Waals surface area (Å²) in [7, 11) is -3.61. The van der Waals surface area contributed by atoms with Crippen LogP contribution in [0.25, 0.3) is 0 Å². The first-order valence-electron chi connectivity index (χ1n) is 7.72. The third-order valence-electron chi connectivity index (χ3n) is 5.21. The van der Waals surface area contributed by atoms with E-state index < -0.39 is 21.4 Å². The molecular formula is C16H21NO4S. The number of fused-ring (bicyclic) bond motifs is 1. The molecule has 0 bridgehead atoms. The lowest BCUT2D eigenvalue weighted by Crippen LogP contribution is -2.37. The third kappa shape index (κ3) is 2.25. The van der Waals surface area contributed by atoms with Gasteiger partial charge in [-0.05, 0) is 42.9 Å². The average Bonchev–Trinajstić information content (AvgIpc) is 3.05. The molecule has 1 N–H and O–H groups in total. The fraction of sp³-hybridized carbons (Fsp3) is 0.562. The second kappa shape index (κ2) is 5.35. The first-order chi connectivity index (χ1) is 10.4. The van der Waals surface area contributed by atoms with Crippen molar-refractivity contribution in [2.45, 2.75) is 37.5 Å². The summed E-state index contributed by atoms with van der Waals surface area (Å²) in [5.41, 5.74) is 0.0866. The third-order valence-corrected chi connectivity index (χ3v) is 7.02. The van der Waals surface area contributed by atoms with E-state index >= 15 is 0 Å². The van der Waals surface area contributed by atoms with Crippen molar-refractivity contribution in [1.82, 2.24) is 4.31 Å². The number of aryl methyl sites for hydroxylation is 1. The lowest BCUT2D eigenvalue weighted by atomic mass is 9.81. The van der Waals surface area contributed by atoms with Crippen LogP contribution in [0.2, 0.25) is 0 Å². The standard InChI is InChI=1S/C16H21NO4S/c1-2-12-5-3-7-14(9-12)22(20,21)17-10-13-6-4-8-16(13,11-17)15(18)19/h3,5,7,9,13H,2,4,6,8,10-11H2,1H3,(H,18,19)/t13-,16+/m0/s1. The van der Waals surface area contributed by atoms with Crippen molar-refractivity contribution in [3.05, 3.63) is 29.8 Å². The maximum absolute atomic E-state index is 12.8. The maximum atomic E-state index is 12.8. The van der Waals surface area contributed by atoms with E-state index in [1.165, 1.54) is 4.31 Å². The summed E-state index contributed by atoms with van der Waals surface area (Å²) in [4.78, 5) is 12.0. The number of aliphatic carboxylic acids is 1. The Morgan fingerprint density at radius 1 is 1.45 bits per heavy atom. The van der Waals surface area contributed by atoms with Crippen molar-refractivity contribution in [3.63, 3.8) is 0 Å². The molecule has 22 heavy (non-hydrogen) atoms. The van der Waals surface area contributed by atoms with Crippen LogP contribution >= 0.6 is 0 Å². The van der Waals surface area contributed by atoms with Gasteiger partial charge in [0.15, 0.2) is 0 Å². The maximum Gasteiger partial charge on any atom is 0.311 e. The van der Waals surface area contributed by atoms with E-state index in [1.54, 1.807) is 18.2 Å². The highest BCUT2D eigenvalue weighted by molar-refractivity contribution is 7.89.